The number of anilines is 1. The van der Waals surface area contributed by atoms with Crippen LogP contribution in [0.5, 0.6) is 0 Å². The highest BCUT2D eigenvalue weighted by molar-refractivity contribution is 9.10. The molecule has 19 heavy (non-hydrogen) atoms. The molecule has 1 saturated heterocycles. The Morgan fingerprint density at radius 1 is 1.47 bits per heavy atom. The number of aromatic nitrogens is 4. The second kappa shape index (κ2) is 5.66. The first-order valence-corrected chi connectivity index (χ1v) is 6.93. The zero-order valence-electron chi connectivity index (χ0n) is 10.2. The van der Waals surface area contributed by atoms with Gasteiger partial charge < -0.3 is 10.1 Å². The Morgan fingerprint density at radius 2 is 2.42 bits per heavy atom. The molecular formula is C12H14BrN5O. The highest BCUT2D eigenvalue weighted by Crippen LogP contribution is 2.34. The van der Waals surface area contributed by atoms with Crippen LogP contribution in [0.1, 0.15) is 18.1 Å². The van der Waals surface area contributed by atoms with Crippen LogP contribution in [0.25, 0.3) is 0 Å². The Balaban J connectivity index is 1.65. The molecule has 1 aliphatic rings. The summed E-state index contributed by atoms with van der Waals surface area (Å²) < 4.78 is 6.65. The Kier molecular flexibility index (Phi) is 3.74. The second-order valence-corrected chi connectivity index (χ2v) is 5.33. The van der Waals surface area contributed by atoms with Gasteiger partial charge in [-0.15, -0.1) is 0 Å². The zero-order chi connectivity index (χ0) is 13.1. The van der Waals surface area contributed by atoms with Gasteiger partial charge in [0.2, 0.25) is 0 Å². The summed E-state index contributed by atoms with van der Waals surface area (Å²) in [6.45, 7) is 1.60. The molecule has 0 bridgehead atoms. The molecule has 0 spiro atoms. The van der Waals surface area contributed by atoms with Crippen LogP contribution in [-0.4, -0.2) is 33.3 Å². The Labute approximate surface area is 119 Å². The highest BCUT2D eigenvalue weighted by atomic mass is 79.9. The van der Waals surface area contributed by atoms with Crippen molar-refractivity contribution in [2.24, 2.45) is 5.92 Å². The van der Waals surface area contributed by atoms with E-state index in [2.05, 4.69) is 41.4 Å². The lowest BCUT2D eigenvalue weighted by atomic mass is 9.97. The number of aromatic amines is 1. The normalized spacial score (nSPS) is 22.6. The van der Waals surface area contributed by atoms with Crippen LogP contribution in [0.3, 0.4) is 0 Å². The lowest BCUT2D eigenvalue weighted by molar-refractivity contribution is 0.0933. The maximum Gasteiger partial charge on any atom is 0.143 e. The van der Waals surface area contributed by atoms with Gasteiger partial charge in [-0.25, -0.2) is 9.97 Å². The molecule has 1 fully saturated rings. The van der Waals surface area contributed by atoms with E-state index in [4.69, 9.17) is 4.74 Å². The van der Waals surface area contributed by atoms with E-state index in [9.17, 15) is 0 Å². The first-order valence-electron chi connectivity index (χ1n) is 6.14. The summed E-state index contributed by atoms with van der Waals surface area (Å²) in [7, 11) is 0. The van der Waals surface area contributed by atoms with Gasteiger partial charge in [0.15, 0.2) is 0 Å². The smallest absolute Gasteiger partial charge is 0.143 e. The van der Waals surface area contributed by atoms with Gasteiger partial charge in [0, 0.05) is 37.0 Å². The van der Waals surface area contributed by atoms with E-state index in [0.29, 0.717) is 5.92 Å². The maximum atomic E-state index is 5.78. The summed E-state index contributed by atoms with van der Waals surface area (Å²) in [4.78, 5) is 8.14. The van der Waals surface area contributed by atoms with Crippen LogP contribution < -0.4 is 5.32 Å². The molecular weight excluding hydrogens is 310 g/mol. The van der Waals surface area contributed by atoms with Gasteiger partial charge in [0.05, 0.1) is 16.8 Å². The lowest BCUT2D eigenvalue weighted by Crippen LogP contribution is -2.18. The number of rotatable bonds is 4. The number of halogens is 1. The minimum Gasteiger partial charge on any atom is -0.373 e. The van der Waals surface area contributed by atoms with Crippen LogP contribution in [0.2, 0.25) is 0 Å². The summed E-state index contributed by atoms with van der Waals surface area (Å²) in [5, 5.41) is 10.1. The second-order valence-electron chi connectivity index (χ2n) is 4.47. The van der Waals surface area contributed by atoms with E-state index >= 15 is 0 Å². The Hall–Kier alpha value is -1.47. The topological polar surface area (TPSA) is 75.7 Å². The van der Waals surface area contributed by atoms with Gasteiger partial charge in [0.1, 0.15) is 12.1 Å². The summed E-state index contributed by atoms with van der Waals surface area (Å²) >= 11 is 3.43. The van der Waals surface area contributed by atoms with Crippen LogP contribution in [-0.2, 0) is 4.74 Å². The van der Waals surface area contributed by atoms with E-state index in [1.807, 2.05) is 12.4 Å². The molecule has 0 aliphatic carbocycles. The molecule has 2 N–H and O–H groups in total. The predicted molar refractivity (Wildman–Crippen MR) is 73.6 cm³/mol. The summed E-state index contributed by atoms with van der Waals surface area (Å²) in [5.41, 5.74) is 1.10. The molecule has 2 aromatic rings. The molecule has 0 radical (unpaired) electrons. The largest absolute Gasteiger partial charge is 0.373 e. The molecule has 3 heterocycles. The van der Waals surface area contributed by atoms with Crippen LogP contribution in [0, 0.1) is 5.92 Å². The van der Waals surface area contributed by atoms with Gasteiger partial charge in [-0.05, 0) is 22.4 Å². The number of nitrogens with zero attached hydrogens (tertiary/aromatic N) is 3. The van der Waals surface area contributed by atoms with Crippen molar-refractivity contribution in [1.82, 2.24) is 20.2 Å². The van der Waals surface area contributed by atoms with Crippen LogP contribution in [0.4, 0.5) is 5.82 Å². The van der Waals surface area contributed by atoms with E-state index in [-0.39, 0.29) is 6.10 Å². The third kappa shape index (κ3) is 2.76. The molecule has 1 aliphatic heterocycles. The van der Waals surface area contributed by atoms with Gasteiger partial charge in [-0.3, -0.25) is 5.10 Å². The molecule has 2 atom stereocenters. The molecule has 6 nitrogen and oxygen atoms in total. The third-order valence-corrected chi connectivity index (χ3v) is 3.84. The van der Waals surface area contributed by atoms with Crippen molar-refractivity contribution in [1.29, 1.82) is 0 Å². The minimum atomic E-state index is 0.104. The van der Waals surface area contributed by atoms with Gasteiger partial charge in [-0.1, -0.05) is 0 Å². The molecule has 7 heteroatoms. The van der Waals surface area contributed by atoms with Gasteiger partial charge in [0.25, 0.3) is 0 Å². The average molecular weight is 324 g/mol. The summed E-state index contributed by atoms with van der Waals surface area (Å²) in [5.74, 6) is 1.23. The molecule has 3 rings (SSSR count). The van der Waals surface area contributed by atoms with Crippen molar-refractivity contribution in [3.8, 4) is 0 Å². The van der Waals surface area contributed by atoms with Crippen molar-refractivity contribution in [3.63, 3.8) is 0 Å². The number of H-pyrrole nitrogens is 1. The first-order chi connectivity index (χ1) is 9.34. The number of hydrogen-bond acceptors (Lipinski definition) is 5. The maximum absolute atomic E-state index is 5.78. The summed E-state index contributed by atoms with van der Waals surface area (Å²) in [6.07, 6.45) is 8.12. The van der Waals surface area contributed by atoms with Crippen molar-refractivity contribution in [2.45, 2.75) is 12.5 Å². The van der Waals surface area contributed by atoms with E-state index in [1.54, 1.807) is 6.20 Å². The molecule has 100 valence electrons. The molecule has 2 aromatic heterocycles. The van der Waals surface area contributed by atoms with Gasteiger partial charge >= 0.3 is 0 Å². The van der Waals surface area contributed by atoms with Crippen molar-refractivity contribution in [2.75, 3.05) is 18.5 Å². The van der Waals surface area contributed by atoms with Crippen molar-refractivity contribution >= 4 is 21.7 Å². The minimum absolute atomic E-state index is 0.104. The van der Waals surface area contributed by atoms with Crippen molar-refractivity contribution in [3.05, 3.63) is 35.0 Å². The number of ether oxygens (including phenoxy) is 1. The SMILES string of the molecule is Brc1cncnc1NC[C@H]1CCO[C@@H]1c1cn[nH]c1. The Bertz CT molecular complexity index is 533. The van der Waals surface area contributed by atoms with E-state index in [1.165, 1.54) is 6.33 Å². The fourth-order valence-electron chi connectivity index (χ4n) is 2.30. The lowest BCUT2D eigenvalue weighted by Gasteiger charge is -2.18. The molecule has 0 saturated carbocycles. The third-order valence-electron chi connectivity index (χ3n) is 3.26. The average Bonchev–Trinajstić information content (AvgIpc) is 3.08. The molecule has 0 amide bonds. The number of hydrogen-bond donors (Lipinski definition) is 2. The van der Waals surface area contributed by atoms with Crippen molar-refractivity contribution < 1.29 is 4.74 Å². The number of nitrogens with one attached hydrogen (secondary N) is 2. The van der Waals surface area contributed by atoms with Crippen LogP contribution in [0.15, 0.2) is 29.4 Å². The highest BCUT2D eigenvalue weighted by Gasteiger charge is 2.30. The fraction of sp³-hybridized carbons (Fsp3) is 0.417. The first kappa shape index (κ1) is 12.6. The molecule has 0 unspecified atom stereocenters. The van der Waals surface area contributed by atoms with E-state index < -0.39 is 0 Å². The fourth-order valence-corrected chi connectivity index (χ4v) is 2.66. The standard InChI is InChI=1S/C12H14BrN5O/c13-10-6-14-7-16-12(10)15-3-8-1-2-19-11(8)9-4-17-18-5-9/h4-8,11H,1-3H2,(H,17,18)(H,14,15,16)/t8-,11+/m1/s1. The Morgan fingerprint density at radius 3 is 3.21 bits per heavy atom. The zero-order valence-corrected chi connectivity index (χ0v) is 11.8. The quantitative estimate of drug-likeness (QED) is 0.901. The predicted octanol–water partition coefficient (Wildman–Crippen LogP) is 2.15. The monoisotopic (exact) mass is 323 g/mol. The summed E-state index contributed by atoms with van der Waals surface area (Å²) in [6, 6.07) is 0. The van der Waals surface area contributed by atoms with E-state index in [0.717, 1.165) is 35.4 Å². The van der Waals surface area contributed by atoms with Gasteiger partial charge in [-0.2, -0.15) is 5.10 Å². The van der Waals surface area contributed by atoms with Crippen LogP contribution >= 0.6 is 15.9 Å². The molecule has 0 aromatic carbocycles.